The molecule has 1 N–H and O–H groups in total. The van der Waals surface area contributed by atoms with E-state index in [1.165, 1.54) is 22.0 Å². The predicted octanol–water partition coefficient (Wildman–Crippen LogP) is 5.98. The highest BCUT2D eigenvalue weighted by Crippen LogP contribution is 2.31. The fraction of sp³-hybridized carbons (Fsp3) is 0.120. The molecule has 0 aliphatic carbocycles. The largest absolute Gasteiger partial charge is 0.416 e. The number of fused-ring (bicyclic) bond motifs is 1. The summed E-state index contributed by atoms with van der Waals surface area (Å²) in [5, 5.41) is 12.3. The number of aromatic nitrogens is 3. The summed E-state index contributed by atoms with van der Waals surface area (Å²) in [7, 11) is 0. The summed E-state index contributed by atoms with van der Waals surface area (Å²) in [6.45, 7) is 2.08. The van der Waals surface area contributed by atoms with Crippen molar-refractivity contribution >= 4 is 44.9 Å². The number of nitrogens with zero attached hydrogens (tertiary/aromatic N) is 3. The minimum absolute atomic E-state index is 0.133. The Hall–Kier alpha value is -3.49. The van der Waals surface area contributed by atoms with Crippen LogP contribution in [0.5, 0.6) is 0 Å². The maximum Gasteiger partial charge on any atom is 0.277 e. The molecule has 0 atom stereocenters. The van der Waals surface area contributed by atoms with E-state index in [4.69, 9.17) is 9.40 Å². The first-order valence-corrected chi connectivity index (χ1v) is 12.2. The van der Waals surface area contributed by atoms with E-state index in [1.54, 1.807) is 11.3 Å². The van der Waals surface area contributed by atoms with Crippen LogP contribution in [0.3, 0.4) is 0 Å². The minimum Gasteiger partial charge on any atom is -0.416 e. The Bertz CT molecular complexity index is 1400. The van der Waals surface area contributed by atoms with Crippen molar-refractivity contribution in [3.8, 4) is 10.6 Å². The third kappa shape index (κ3) is 5.30. The molecule has 0 radical (unpaired) electrons. The first kappa shape index (κ1) is 21.4. The molecule has 0 spiro atoms. The Labute approximate surface area is 199 Å². The SMILES string of the molecule is Cc1ccc2nc(-c3ccc(NC(=O)CSc4nnc(Cc5ccccc5)o4)cc3)sc2c1. The van der Waals surface area contributed by atoms with Crippen LogP contribution in [0.25, 0.3) is 20.8 Å². The van der Waals surface area contributed by atoms with Gasteiger partial charge in [-0.2, -0.15) is 0 Å². The van der Waals surface area contributed by atoms with E-state index in [9.17, 15) is 4.79 Å². The lowest BCUT2D eigenvalue weighted by atomic mass is 10.2. The zero-order valence-corrected chi connectivity index (χ0v) is 19.5. The number of rotatable bonds is 7. The number of benzene rings is 3. The van der Waals surface area contributed by atoms with Gasteiger partial charge in [0.05, 0.1) is 22.4 Å². The Morgan fingerprint density at radius 3 is 2.67 bits per heavy atom. The van der Waals surface area contributed by atoms with E-state index < -0.39 is 0 Å². The Kier molecular flexibility index (Phi) is 6.19. The standard InChI is InChI=1S/C25H20N4O2S2/c1-16-7-12-20-21(13-16)33-24(27-20)18-8-10-19(11-9-18)26-22(30)15-32-25-29-28-23(31-25)14-17-5-3-2-4-6-17/h2-13H,14-15H2,1H3,(H,26,30). The highest BCUT2D eigenvalue weighted by Gasteiger charge is 2.11. The van der Waals surface area contributed by atoms with E-state index in [2.05, 4.69) is 34.6 Å². The van der Waals surface area contributed by atoms with Crippen LogP contribution in [-0.4, -0.2) is 26.8 Å². The number of hydrogen-bond acceptors (Lipinski definition) is 7. The first-order chi connectivity index (χ1) is 16.1. The van der Waals surface area contributed by atoms with Crippen molar-refractivity contribution in [1.82, 2.24) is 15.2 Å². The fourth-order valence-electron chi connectivity index (χ4n) is 3.31. The molecule has 6 nitrogen and oxygen atoms in total. The highest BCUT2D eigenvalue weighted by molar-refractivity contribution is 7.99. The maximum absolute atomic E-state index is 12.4. The summed E-state index contributed by atoms with van der Waals surface area (Å²) in [5.74, 6) is 0.585. The molecule has 8 heteroatoms. The molecule has 5 rings (SSSR count). The normalized spacial score (nSPS) is 11.1. The number of nitrogens with one attached hydrogen (secondary N) is 1. The van der Waals surface area contributed by atoms with Crippen molar-refractivity contribution in [2.45, 2.75) is 18.6 Å². The molecule has 2 heterocycles. The van der Waals surface area contributed by atoms with Gasteiger partial charge in [0.25, 0.3) is 5.22 Å². The number of aryl methyl sites for hydroxylation is 1. The van der Waals surface area contributed by atoms with Crippen LogP contribution < -0.4 is 5.32 Å². The number of amides is 1. The summed E-state index contributed by atoms with van der Waals surface area (Å²) < 4.78 is 6.81. The van der Waals surface area contributed by atoms with Gasteiger partial charge in [-0.25, -0.2) is 4.98 Å². The van der Waals surface area contributed by atoms with Crippen molar-refractivity contribution in [1.29, 1.82) is 0 Å². The summed E-state index contributed by atoms with van der Waals surface area (Å²) in [5.41, 5.74) is 5.08. The molecule has 3 aromatic carbocycles. The number of carbonyl (C=O) groups is 1. The molecule has 164 valence electrons. The summed E-state index contributed by atoms with van der Waals surface area (Å²) >= 11 is 2.89. The van der Waals surface area contributed by atoms with Crippen LogP contribution in [0, 0.1) is 6.92 Å². The molecule has 0 saturated carbocycles. The molecular formula is C25H20N4O2S2. The molecule has 0 fully saturated rings. The molecule has 2 aromatic heterocycles. The average molecular weight is 473 g/mol. The number of thioether (sulfide) groups is 1. The quantitative estimate of drug-likeness (QED) is 0.294. The summed E-state index contributed by atoms with van der Waals surface area (Å²) in [6.07, 6.45) is 0.571. The molecular weight excluding hydrogens is 452 g/mol. The molecule has 33 heavy (non-hydrogen) atoms. The Morgan fingerprint density at radius 1 is 1.03 bits per heavy atom. The highest BCUT2D eigenvalue weighted by atomic mass is 32.2. The van der Waals surface area contributed by atoms with Gasteiger partial charge < -0.3 is 9.73 Å². The number of carbonyl (C=O) groups excluding carboxylic acids is 1. The van der Waals surface area contributed by atoms with Crippen LogP contribution >= 0.6 is 23.1 Å². The second-order valence-electron chi connectivity index (χ2n) is 7.53. The monoisotopic (exact) mass is 472 g/mol. The Morgan fingerprint density at radius 2 is 1.85 bits per heavy atom. The van der Waals surface area contributed by atoms with E-state index in [-0.39, 0.29) is 11.7 Å². The van der Waals surface area contributed by atoms with Crippen molar-refractivity contribution in [2.24, 2.45) is 0 Å². The molecule has 0 bridgehead atoms. The lowest BCUT2D eigenvalue weighted by molar-refractivity contribution is -0.113. The van der Waals surface area contributed by atoms with E-state index in [0.29, 0.717) is 17.5 Å². The van der Waals surface area contributed by atoms with Crippen molar-refractivity contribution < 1.29 is 9.21 Å². The van der Waals surface area contributed by atoms with E-state index >= 15 is 0 Å². The second-order valence-corrected chi connectivity index (χ2v) is 9.49. The average Bonchev–Trinajstić information content (AvgIpc) is 3.45. The first-order valence-electron chi connectivity index (χ1n) is 10.4. The minimum atomic E-state index is -0.133. The van der Waals surface area contributed by atoms with Gasteiger partial charge in [-0.15, -0.1) is 21.5 Å². The lowest BCUT2D eigenvalue weighted by Gasteiger charge is -2.04. The van der Waals surface area contributed by atoms with Crippen LogP contribution in [0.4, 0.5) is 5.69 Å². The van der Waals surface area contributed by atoms with Gasteiger partial charge in [-0.1, -0.05) is 48.2 Å². The smallest absolute Gasteiger partial charge is 0.277 e. The van der Waals surface area contributed by atoms with E-state index in [1.807, 2.05) is 60.7 Å². The number of anilines is 1. The Balaban J connectivity index is 1.16. The van der Waals surface area contributed by atoms with E-state index in [0.717, 1.165) is 27.3 Å². The number of thiazole rings is 1. The zero-order valence-electron chi connectivity index (χ0n) is 17.8. The molecule has 0 saturated heterocycles. The van der Waals surface area contributed by atoms with Gasteiger partial charge >= 0.3 is 0 Å². The van der Waals surface area contributed by atoms with Crippen LogP contribution in [0.15, 0.2) is 82.4 Å². The fourth-order valence-corrected chi connectivity index (χ4v) is 4.96. The van der Waals surface area contributed by atoms with Gasteiger partial charge in [-0.05, 0) is 54.4 Å². The van der Waals surface area contributed by atoms with Crippen LogP contribution in [0.2, 0.25) is 0 Å². The van der Waals surface area contributed by atoms with Crippen LogP contribution in [0.1, 0.15) is 17.0 Å². The van der Waals surface area contributed by atoms with Crippen molar-refractivity contribution in [2.75, 3.05) is 11.1 Å². The molecule has 1 amide bonds. The van der Waals surface area contributed by atoms with Crippen LogP contribution in [-0.2, 0) is 11.2 Å². The third-order valence-electron chi connectivity index (χ3n) is 4.93. The van der Waals surface area contributed by atoms with Gasteiger partial charge in [0.15, 0.2) is 0 Å². The zero-order chi connectivity index (χ0) is 22.6. The molecule has 5 aromatic rings. The summed E-state index contributed by atoms with van der Waals surface area (Å²) in [4.78, 5) is 17.1. The second kappa shape index (κ2) is 9.56. The molecule has 0 aliphatic rings. The topological polar surface area (TPSA) is 80.9 Å². The van der Waals surface area contributed by atoms with Gasteiger partial charge in [0, 0.05) is 11.3 Å². The molecule has 0 unspecified atom stereocenters. The van der Waals surface area contributed by atoms with Gasteiger partial charge in [0.1, 0.15) is 5.01 Å². The summed E-state index contributed by atoms with van der Waals surface area (Å²) in [6, 6.07) is 23.9. The third-order valence-corrected chi connectivity index (χ3v) is 6.82. The van der Waals surface area contributed by atoms with Gasteiger partial charge in [-0.3, -0.25) is 4.79 Å². The predicted molar refractivity (Wildman–Crippen MR) is 133 cm³/mol. The maximum atomic E-state index is 12.4. The number of hydrogen-bond donors (Lipinski definition) is 1. The lowest BCUT2D eigenvalue weighted by Crippen LogP contribution is -2.13. The molecule has 0 aliphatic heterocycles. The van der Waals surface area contributed by atoms with Crippen molar-refractivity contribution in [3.05, 3.63) is 89.8 Å². The van der Waals surface area contributed by atoms with Crippen molar-refractivity contribution in [3.63, 3.8) is 0 Å². The van der Waals surface area contributed by atoms with Gasteiger partial charge in [0.2, 0.25) is 11.8 Å².